The lowest BCUT2D eigenvalue weighted by Gasteiger charge is -2.34. The van der Waals surface area contributed by atoms with Crippen molar-refractivity contribution in [3.05, 3.63) is 24.3 Å². The van der Waals surface area contributed by atoms with Crippen LogP contribution < -0.4 is 14.4 Å². The number of benzene rings is 1. The average Bonchev–Trinajstić information content (AvgIpc) is 2.98. The minimum atomic E-state index is -3.46. The van der Waals surface area contributed by atoms with E-state index in [0.717, 1.165) is 31.9 Å². The van der Waals surface area contributed by atoms with E-state index >= 15 is 0 Å². The highest BCUT2D eigenvalue weighted by molar-refractivity contribution is 7.92. The number of para-hydroxylation sites is 2. The van der Waals surface area contributed by atoms with E-state index in [2.05, 4.69) is 5.32 Å². The van der Waals surface area contributed by atoms with E-state index < -0.39 is 16.1 Å². The van der Waals surface area contributed by atoms with Gasteiger partial charge < -0.3 is 10.1 Å². The number of nitrogens with zero attached hydrogens (tertiary/aromatic N) is 1. The summed E-state index contributed by atoms with van der Waals surface area (Å²) < 4.78 is 31.0. The first kappa shape index (κ1) is 15.1. The molecule has 1 aromatic carbocycles. The summed E-state index contributed by atoms with van der Waals surface area (Å²) in [6.45, 7) is 0.00833. The molecule has 0 aromatic heterocycles. The Labute approximate surface area is 130 Å². The second kappa shape index (κ2) is 5.79. The largest absolute Gasteiger partial charge is 0.476 e. The van der Waals surface area contributed by atoms with Gasteiger partial charge in [0.1, 0.15) is 5.75 Å². The van der Waals surface area contributed by atoms with Gasteiger partial charge in [-0.2, -0.15) is 0 Å². The summed E-state index contributed by atoms with van der Waals surface area (Å²) in [5.74, 6) is 0.181. The van der Waals surface area contributed by atoms with Gasteiger partial charge in [-0.05, 0) is 25.0 Å². The predicted octanol–water partition coefficient (Wildman–Crippen LogP) is 1.27. The van der Waals surface area contributed by atoms with Gasteiger partial charge >= 0.3 is 0 Å². The number of nitrogens with one attached hydrogen (secondary N) is 1. The van der Waals surface area contributed by atoms with Crippen molar-refractivity contribution in [2.24, 2.45) is 0 Å². The first-order valence-corrected chi connectivity index (χ1v) is 9.34. The Morgan fingerprint density at radius 2 is 1.95 bits per heavy atom. The number of rotatable bonds is 3. The molecule has 2 aliphatic rings. The molecule has 1 aliphatic heterocycles. The second-order valence-corrected chi connectivity index (χ2v) is 7.77. The molecule has 0 unspecified atom stereocenters. The zero-order valence-corrected chi connectivity index (χ0v) is 13.3. The van der Waals surface area contributed by atoms with Crippen LogP contribution in [0.4, 0.5) is 5.69 Å². The van der Waals surface area contributed by atoms with Gasteiger partial charge in [-0.15, -0.1) is 0 Å². The third-order valence-electron chi connectivity index (χ3n) is 4.13. The summed E-state index contributed by atoms with van der Waals surface area (Å²) in [7, 11) is -3.46. The molecule has 1 N–H and O–H groups in total. The SMILES string of the molecule is CS(=O)(=O)N1C[C@H](C(=O)NC2CCCC2)Oc2ccccc21. The van der Waals surface area contributed by atoms with Crippen LogP contribution in [0.25, 0.3) is 0 Å². The van der Waals surface area contributed by atoms with Crippen LogP contribution in [-0.4, -0.2) is 39.3 Å². The van der Waals surface area contributed by atoms with Crippen LogP contribution >= 0.6 is 0 Å². The molecule has 0 saturated heterocycles. The number of amides is 1. The zero-order valence-electron chi connectivity index (χ0n) is 12.5. The summed E-state index contributed by atoms with van der Waals surface area (Å²) in [5.41, 5.74) is 0.481. The fourth-order valence-electron chi connectivity index (χ4n) is 3.02. The minimum Gasteiger partial charge on any atom is -0.476 e. The van der Waals surface area contributed by atoms with Crippen molar-refractivity contribution in [2.45, 2.75) is 37.8 Å². The molecule has 7 heteroatoms. The van der Waals surface area contributed by atoms with Gasteiger partial charge in [0, 0.05) is 6.04 Å². The molecule has 1 aromatic rings. The highest BCUT2D eigenvalue weighted by Crippen LogP contribution is 2.34. The Morgan fingerprint density at radius 3 is 2.64 bits per heavy atom. The fraction of sp³-hybridized carbons (Fsp3) is 0.533. The Bertz CT molecular complexity index is 668. The Morgan fingerprint density at radius 1 is 1.27 bits per heavy atom. The van der Waals surface area contributed by atoms with Gasteiger partial charge in [0.25, 0.3) is 5.91 Å². The predicted molar refractivity (Wildman–Crippen MR) is 83.4 cm³/mol. The van der Waals surface area contributed by atoms with Crippen molar-refractivity contribution in [2.75, 3.05) is 17.1 Å². The Kier molecular flexibility index (Phi) is 3.99. The number of sulfonamides is 1. The standard InChI is InChI=1S/C15H20N2O4S/c1-22(19,20)17-10-14(15(18)16-11-6-2-3-7-11)21-13-9-5-4-8-12(13)17/h4-5,8-9,11,14H,2-3,6-7,10H2,1H3,(H,16,18)/t14-/m1/s1. The van der Waals surface area contributed by atoms with Crippen LogP contribution in [0.3, 0.4) is 0 Å². The summed E-state index contributed by atoms with van der Waals surface area (Å²) in [6, 6.07) is 7.06. The number of hydrogen-bond donors (Lipinski definition) is 1. The van der Waals surface area contributed by atoms with Crippen molar-refractivity contribution >= 4 is 21.6 Å². The zero-order chi connectivity index (χ0) is 15.7. The van der Waals surface area contributed by atoms with Crippen LogP contribution in [0.1, 0.15) is 25.7 Å². The molecule has 1 fully saturated rings. The topological polar surface area (TPSA) is 75.7 Å². The van der Waals surface area contributed by atoms with Crippen molar-refractivity contribution in [1.82, 2.24) is 5.32 Å². The fourth-order valence-corrected chi connectivity index (χ4v) is 3.93. The highest BCUT2D eigenvalue weighted by Gasteiger charge is 2.35. The molecule has 1 heterocycles. The monoisotopic (exact) mass is 324 g/mol. The lowest BCUT2D eigenvalue weighted by molar-refractivity contribution is -0.128. The first-order chi connectivity index (χ1) is 10.4. The number of carbonyl (C=O) groups excluding carboxylic acids is 1. The molecular formula is C15H20N2O4S. The van der Waals surface area contributed by atoms with E-state index in [9.17, 15) is 13.2 Å². The molecule has 120 valence electrons. The highest BCUT2D eigenvalue weighted by atomic mass is 32.2. The van der Waals surface area contributed by atoms with Crippen molar-refractivity contribution in [3.8, 4) is 5.75 Å². The molecule has 1 saturated carbocycles. The van der Waals surface area contributed by atoms with E-state index in [4.69, 9.17) is 4.74 Å². The van der Waals surface area contributed by atoms with E-state index in [1.54, 1.807) is 24.3 Å². The van der Waals surface area contributed by atoms with Crippen LogP contribution in [0.15, 0.2) is 24.3 Å². The Balaban J connectivity index is 1.82. The lowest BCUT2D eigenvalue weighted by Crippen LogP contribution is -2.52. The third kappa shape index (κ3) is 3.04. The molecule has 22 heavy (non-hydrogen) atoms. The summed E-state index contributed by atoms with van der Waals surface area (Å²) in [5, 5.41) is 2.97. The lowest BCUT2D eigenvalue weighted by atomic mass is 10.2. The smallest absolute Gasteiger partial charge is 0.263 e. The van der Waals surface area contributed by atoms with Gasteiger partial charge in [-0.25, -0.2) is 8.42 Å². The first-order valence-electron chi connectivity index (χ1n) is 7.49. The van der Waals surface area contributed by atoms with Crippen molar-refractivity contribution < 1.29 is 17.9 Å². The van der Waals surface area contributed by atoms with Gasteiger partial charge in [-0.1, -0.05) is 25.0 Å². The molecule has 1 aliphatic carbocycles. The molecule has 0 spiro atoms. The van der Waals surface area contributed by atoms with Crippen LogP contribution in [0.5, 0.6) is 5.75 Å². The van der Waals surface area contributed by atoms with Gasteiger partial charge in [0.15, 0.2) is 6.10 Å². The van der Waals surface area contributed by atoms with E-state index in [0.29, 0.717) is 11.4 Å². The minimum absolute atomic E-state index is 0.00833. The quantitative estimate of drug-likeness (QED) is 0.908. The van der Waals surface area contributed by atoms with Crippen LogP contribution in [0, 0.1) is 0 Å². The summed E-state index contributed by atoms with van der Waals surface area (Å²) >= 11 is 0. The van der Waals surface area contributed by atoms with Crippen LogP contribution in [-0.2, 0) is 14.8 Å². The number of ether oxygens (including phenoxy) is 1. The Hall–Kier alpha value is -1.76. The molecule has 0 radical (unpaired) electrons. The summed E-state index contributed by atoms with van der Waals surface area (Å²) in [4.78, 5) is 12.4. The molecule has 0 bridgehead atoms. The van der Waals surface area contributed by atoms with Crippen LogP contribution in [0.2, 0.25) is 0 Å². The van der Waals surface area contributed by atoms with Crippen molar-refractivity contribution in [1.29, 1.82) is 0 Å². The molecule has 1 atom stereocenters. The number of fused-ring (bicyclic) bond motifs is 1. The number of hydrogen-bond acceptors (Lipinski definition) is 4. The van der Waals surface area contributed by atoms with Gasteiger partial charge in [-0.3, -0.25) is 9.10 Å². The molecular weight excluding hydrogens is 304 g/mol. The second-order valence-electron chi connectivity index (χ2n) is 5.86. The van der Waals surface area contributed by atoms with Crippen molar-refractivity contribution in [3.63, 3.8) is 0 Å². The third-order valence-corrected chi connectivity index (χ3v) is 5.28. The normalized spacial score (nSPS) is 22.0. The number of carbonyl (C=O) groups is 1. The molecule has 6 nitrogen and oxygen atoms in total. The number of anilines is 1. The van der Waals surface area contributed by atoms with Gasteiger partial charge in [0.2, 0.25) is 10.0 Å². The maximum atomic E-state index is 12.4. The van der Waals surface area contributed by atoms with Gasteiger partial charge in [0.05, 0.1) is 18.5 Å². The average molecular weight is 324 g/mol. The van der Waals surface area contributed by atoms with E-state index in [1.807, 2.05) is 0 Å². The maximum absolute atomic E-state index is 12.4. The summed E-state index contributed by atoms with van der Waals surface area (Å²) in [6.07, 6.45) is 4.52. The van der Waals surface area contributed by atoms with E-state index in [1.165, 1.54) is 4.31 Å². The molecule has 3 rings (SSSR count). The molecule has 1 amide bonds. The van der Waals surface area contributed by atoms with E-state index in [-0.39, 0.29) is 18.5 Å². The maximum Gasteiger partial charge on any atom is 0.263 e.